The molecule has 6 aromatic carbocycles. The molecule has 0 N–H and O–H groups in total. The van der Waals surface area contributed by atoms with Crippen molar-refractivity contribution in [2.45, 2.75) is 88.1 Å². The van der Waals surface area contributed by atoms with Crippen LogP contribution in [-0.2, 0) is 16.2 Å². The number of allylic oxidation sites excluding steroid dienone is 2. The first kappa shape index (κ1) is 44.3. The first-order chi connectivity index (χ1) is 28.7. The molecule has 2 atom stereocenters. The summed E-state index contributed by atoms with van der Waals surface area (Å²) in [5.74, 6) is 0. The summed E-state index contributed by atoms with van der Waals surface area (Å²) in [4.78, 5) is 0.720. The van der Waals surface area contributed by atoms with Crippen LogP contribution in [0.25, 0.3) is 45.6 Å². The van der Waals surface area contributed by atoms with Gasteiger partial charge in [0, 0.05) is 0 Å². The van der Waals surface area contributed by atoms with Gasteiger partial charge in [-0.25, -0.2) is 0 Å². The molecule has 0 bridgehead atoms. The van der Waals surface area contributed by atoms with Crippen LogP contribution < -0.4 is 0 Å². The number of hydrogen-bond donors (Lipinski definition) is 0. The molecule has 6 aromatic rings. The Kier molecular flexibility index (Phi) is 11.7. The minimum absolute atomic E-state index is 0.182. The first-order valence-corrected chi connectivity index (χ1v) is 39.8. The molecule has 0 saturated heterocycles. The summed E-state index contributed by atoms with van der Waals surface area (Å²) >= 11 is -5.65. The van der Waals surface area contributed by atoms with Gasteiger partial charge < -0.3 is 0 Å². The van der Waals surface area contributed by atoms with Crippen molar-refractivity contribution < 1.29 is 16.2 Å². The number of fused-ring (bicyclic) bond motifs is 2. The number of nitrogens with zero attached hydrogens (tertiary/aromatic N) is 1. The maximum absolute atomic E-state index is 9.42. The average molecular weight is 953 g/mol. The van der Waals surface area contributed by atoms with E-state index in [0.29, 0.717) is 0 Å². The number of halogens is 2. The van der Waals surface area contributed by atoms with Crippen LogP contribution in [0.3, 0.4) is 0 Å². The van der Waals surface area contributed by atoms with Gasteiger partial charge >= 0.3 is 380 Å². The fourth-order valence-electron chi connectivity index (χ4n) is 11.1. The molecule has 61 heavy (non-hydrogen) atoms. The zero-order valence-corrected chi connectivity index (χ0v) is 44.2. The molecule has 0 aliphatic heterocycles. The van der Waals surface area contributed by atoms with Crippen molar-refractivity contribution in [3.05, 3.63) is 188 Å². The Bertz CT molecular complexity index is 2580. The fraction of sp³-hybridized carbons (Fsp3) is 0.259. The molecule has 311 valence electrons. The predicted molar refractivity (Wildman–Crippen MR) is 274 cm³/mol. The number of benzene rings is 6. The Morgan fingerprint density at radius 1 is 0.475 bits per heavy atom. The summed E-state index contributed by atoms with van der Waals surface area (Å²) in [6.07, 6.45) is 4.98. The van der Waals surface area contributed by atoms with E-state index in [9.17, 15) is 17.0 Å². The van der Waals surface area contributed by atoms with E-state index in [1.165, 1.54) is 100 Å². The van der Waals surface area contributed by atoms with E-state index >= 15 is 0 Å². The van der Waals surface area contributed by atoms with Crippen LogP contribution in [0.1, 0.15) is 74.0 Å². The second-order valence-electron chi connectivity index (χ2n) is 20.2. The number of aryl methyl sites for hydroxylation is 4. The molecule has 0 saturated carbocycles. The molecule has 0 spiro atoms. The van der Waals surface area contributed by atoms with Gasteiger partial charge in [-0.05, 0) is 0 Å². The van der Waals surface area contributed by atoms with Crippen molar-refractivity contribution in [2.75, 3.05) is 0 Å². The molecule has 1 nitrogen and oxygen atoms in total. The van der Waals surface area contributed by atoms with Crippen molar-refractivity contribution in [1.29, 1.82) is 0 Å². The van der Waals surface area contributed by atoms with Crippen LogP contribution in [0.15, 0.2) is 121 Å². The molecule has 2 aliphatic rings. The van der Waals surface area contributed by atoms with Gasteiger partial charge in [0.25, 0.3) is 0 Å². The van der Waals surface area contributed by atoms with Gasteiger partial charge in [-0.2, -0.15) is 0 Å². The van der Waals surface area contributed by atoms with E-state index in [2.05, 4.69) is 218 Å². The fourth-order valence-corrected chi connectivity index (χ4v) is 52.4. The van der Waals surface area contributed by atoms with Crippen LogP contribution in [0.4, 0.5) is 0 Å². The number of rotatable bonds is 10. The molecule has 0 heterocycles. The molecule has 2 unspecified atom stereocenters. The third kappa shape index (κ3) is 7.89. The summed E-state index contributed by atoms with van der Waals surface area (Å²) < 4.78 is 2.55. The normalized spacial score (nSPS) is 17.1. The van der Waals surface area contributed by atoms with Crippen molar-refractivity contribution in [3.8, 4) is 22.3 Å². The van der Waals surface area contributed by atoms with E-state index in [4.69, 9.17) is 0 Å². The standard InChI is InChI=1S/2C24H21.C6H19BNSi2.2ClH.Zr/c2*1-16-12-17(2)18(3)23(13-16)22-11-7-10-20-14-21(15-24(20)22)19-8-5-4-6-9-19;1-9(2,3)8(7)10(4,5)6;;;/h2*4-15H,1-3H3;7H,1-6H3;2*1H;/q;;+1;;;+1/p-2. The Balaban J connectivity index is 1.51. The van der Waals surface area contributed by atoms with Crippen LogP contribution in [0.2, 0.25) is 39.3 Å². The molecule has 0 fully saturated rings. The molecule has 2 aliphatic carbocycles. The molecule has 0 aromatic heterocycles. The van der Waals surface area contributed by atoms with Gasteiger partial charge in [-0.15, -0.1) is 0 Å². The SMILES string of the molecule is Cc1cc(C)c(C)c(-c2cccc3c2C=C(c2ccccc2)[CH]3[Zr]([Cl])([Cl])([BH]N([Si](C)(C)C)[Si](C)(C)C)[CH]2C(c3ccccc3)=Cc3c(-c4cc(C)cc(C)c4C)cccc32)c1. The van der Waals surface area contributed by atoms with E-state index in [1.807, 2.05) is 0 Å². The van der Waals surface area contributed by atoms with Gasteiger partial charge in [0.05, 0.1) is 0 Å². The number of hydrogen-bond acceptors (Lipinski definition) is 1. The Morgan fingerprint density at radius 3 is 1.21 bits per heavy atom. The van der Waals surface area contributed by atoms with E-state index in [1.54, 1.807) is 0 Å². The second-order valence-corrected chi connectivity index (χ2v) is 52.4. The average Bonchev–Trinajstić information content (AvgIpc) is 3.81. The minimum atomic E-state index is -5.65. The van der Waals surface area contributed by atoms with Gasteiger partial charge in [-0.3, -0.25) is 0 Å². The predicted octanol–water partition coefficient (Wildman–Crippen LogP) is 16.0. The van der Waals surface area contributed by atoms with Crippen molar-refractivity contribution in [2.24, 2.45) is 0 Å². The third-order valence-electron chi connectivity index (χ3n) is 13.8. The van der Waals surface area contributed by atoms with Crippen LogP contribution in [0, 0.1) is 41.5 Å². The molecule has 0 radical (unpaired) electrons. The quantitative estimate of drug-likeness (QED) is 0.124. The molecular weight excluding hydrogens is 892 g/mol. The van der Waals surface area contributed by atoms with Gasteiger partial charge in [0.2, 0.25) is 0 Å². The molecule has 7 heteroatoms. The van der Waals surface area contributed by atoms with Crippen molar-refractivity contribution in [1.82, 2.24) is 4.14 Å². The zero-order valence-electron chi connectivity index (χ0n) is 38.3. The van der Waals surface area contributed by atoms with Gasteiger partial charge in [0.15, 0.2) is 0 Å². The molecule has 0 amide bonds. The van der Waals surface area contributed by atoms with E-state index in [0.717, 1.165) is 4.95 Å². The summed E-state index contributed by atoms with van der Waals surface area (Å²) in [6.45, 7) is 28.5. The van der Waals surface area contributed by atoms with Crippen LogP contribution >= 0.6 is 17.0 Å². The monoisotopic (exact) mass is 950 g/mol. The maximum atomic E-state index is 9.42. The van der Waals surface area contributed by atoms with Gasteiger partial charge in [-0.1, -0.05) is 0 Å². The summed E-state index contributed by atoms with van der Waals surface area (Å²) in [5.41, 5.74) is 22.9. The Morgan fingerprint density at radius 2 is 0.852 bits per heavy atom. The van der Waals surface area contributed by atoms with Crippen LogP contribution in [-0.4, -0.2) is 25.6 Å². The molecular formula is C54H61BCl2NSi2Zr. The Labute approximate surface area is 377 Å². The topological polar surface area (TPSA) is 3.24 Å². The molecule has 8 rings (SSSR count). The summed E-state index contributed by atoms with van der Waals surface area (Å²) in [6, 6.07) is 45.3. The van der Waals surface area contributed by atoms with Crippen molar-refractivity contribution >= 4 is 61.7 Å². The summed E-state index contributed by atoms with van der Waals surface area (Å²) in [7, 11) is 14.8. The van der Waals surface area contributed by atoms with Crippen LogP contribution in [0.5, 0.6) is 0 Å². The van der Waals surface area contributed by atoms with Gasteiger partial charge in [0.1, 0.15) is 0 Å². The van der Waals surface area contributed by atoms with E-state index in [-0.39, 0.29) is 7.25 Å². The second kappa shape index (κ2) is 16.1. The first-order valence-electron chi connectivity index (χ1n) is 22.0. The third-order valence-corrected chi connectivity index (χ3v) is 40.6. The van der Waals surface area contributed by atoms with E-state index < -0.39 is 32.6 Å². The van der Waals surface area contributed by atoms with Crippen molar-refractivity contribution in [3.63, 3.8) is 0 Å². The summed E-state index contributed by atoms with van der Waals surface area (Å²) in [5, 5.41) is 0. The zero-order chi connectivity index (χ0) is 43.8. The Hall–Kier alpha value is -3.28.